The second-order valence-electron chi connectivity index (χ2n) is 11.5. The van der Waals surface area contributed by atoms with Crippen LogP contribution in [0.3, 0.4) is 0 Å². The first-order valence-electron chi connectivity index (χ1n) is 12.6. The molecule has 0 spiro atoms. The van der Waals surface area contributed by atoms with Crippen molar-refractivity contribution >= 4 is 36.8 Å². The van der Waals surface area contributed by atoms with Gasteiger partial charge in [-0.3, -0.25) is 9.13 Å². The van der Waals surface area contributed by atoms with Crippen molar-refractivity contribution in [2.75, 3.05) is 5.32 Å². The number of pyridine rings is 1. The molecule has 1 N–H and O–H groups in total. The lowest BCUT2D eigenvalue weighted by molar-refractivity contribution is 0.118. The third kappa shape index (κ3) is 4.34. The molecule has 1 saturated carbocycles. The second-order valence-corrected chi connectivity index (χ2v) is 16.2. The molecule has 10 nitrogen and oxygen atoms in total. The fourth-order valence-electron chi connectivity index (χ4n) is 4.75. The average molecular weight is 509 g/mol. The third-order valence-electron chi connectivity index (χ3n) is 7.98. The number of rotatable bonds is 5. The fourth-order valence-corrected chi connectivity index (χ4v) is 6.17. The molecule has 0 saturated heterocycles. The summed E-state index contributed by atoms with van der Waals surface area (Å²) in [6, 6.07) is 2.05. The van der Waals surface area contributed by atoms with E-state index in [-0.39, 0.29) is 22.9 Å². The Labute approximate surface area is 211 Å². The van der Waals surface area contributed by atoms with E-state index in [9.17, 15) is 4.79 Å². The molecule has 1 fully saturated rings. The Balaban J connectivity index is 1.40. The summed E-state index contributed by atoms with van der Waals surface area (Å²) < 4.78 is 11.9. The molecular formula is C25H36N8O2Si. The Morgan fingerprint density at radius 2 is 1.86 bits per heavy atom. The molecule has 0 aliphatic heterocycles. The van der Waals surface area contributed by atoms with E-state index in [0.717, 1.165) is 48.1 Å². The monoisotopic (exact) mass is 508 g/mol. The van der Waals surface area contributed by atoms with E-state index >= 15 is 0 Å². The SMILES string of the molecule is Cc1cc2ncnn2cc1Nc1ncc2c(n1)n(C1CCC(O[Si](C)(C)C(C)(C)C)CC1)c(=O)n2C. The normalized spacial score (nSPS) is 19.3. The lowest BCUT2D eigenvalue weighted by Gasteiger charge is -2.41. The van der Waals surface area contributed by atoms with Gasteiger partial charge >= 0.3 is 5.69 Å². The molecule has 0 bridgehead atoms. The molecule has 1 aliphatic carbocycles. The maximum atomic E-state index is 13.3. The van der Waals surface area contributed by atoms with E-state index in [4.69, 9.17) is 9.41 Å². The van der Waals surface area contributed by atoms with Crippen LogP contribution < -0.4 is 11.0 Å². The molecular weight excluding hydrogens is 472 g/mol. The third-order valence-corrected chi connectivity index (χ3v) is 12.5. The van der Waals surface area contributed by atoms with Crippen LogP contribution >= 0.6 is 0 Å². The minimum atomic E-state index is -1.82. The molecule has 11 heteroatoms. The number of hydrogen-bond donors (Lipinski definition) is 1. The number of imidazole rings is 1. The Morgan fingerprint density at radius 3 is 2.56 bits per heavy atom. The van der Waals surface area contributed by atoms with Crippen LogP contribution in [-0.2, 0) is 11.5 Å². The predicted octanol–water partition coefficient (Wildman–Crippen LogP) is 4.73. The van der Waals surface area contributed by atoms with Gasteiger partial charge in [0.15, 0.2) is 19.6 Å². The van der Waals surface area contributed by atoms with Gasteiger partial charge in [-0.05, 0) is 62.4 Å². The van der Waals surface area contributed by atoms with Crippen LogP contribution in [0.5, 0.6) is 0 Å². The van der Waals surface area contributed by atoms with Gasteiger partial charge in [-0.2, -0.15) is 10.1 Å². The number of aryl methyl sites for hydroxylation is 2. The number of hydrogen-bond acceptors (Lipinski definition) is 7. The number of nitrogens with one attached hydrogen (secondary N) is 1. The highest BCUT2D eigenvalue weighted by atomic mass is 28.4. The largest absolute Gasteiger partial charge is 0.414 e. The summed E-state index contributed by atoms with van der Waals surface area (Å²) in [6.07, 6.45) is 9.07. The number of aromatic nitrogens is 7. The van der Waals surface area contributed by atoms with Crippen LogP contribution in [-0.4, -0.2) is 48.1 Å². The zero-order chi connectivity index (χ0) is 25.8. The van der Waals surface area contributed by atoms with Gasteiger partial charge in [-0.25, -0.2) is 19.3 Å². The van der Waals surface area contributed by atoms with E-state index in [1.165, 1.54) is 6.33 Å². The number of anilines is 2. The summed E-state index contributed by atoms with van der Waals surface area (Å²) in [4.78, 5) is 26.8. The van der Waals surface area contributed by atoms with E-state index in [1.807, 2.05) is 23.8 Å². The Morgan fingerprint density at radius 1 is 1.14 bits per heavy atom. The molecule has 1 aliphatic rings. The quantitative estimate of drug-likeness (QED) is 0.389. The zero-order valence-electron chi connectivity index (χ0n) is 22.2. The Bertz CT molecular complexity index is 1470. The molecule has 0 unspecified atom stereocenters. The summed E-state index contributed by atoms with van der Waals surface area (Å²) in [5.74, 6) is 0.444. The van der Waals surface area contributed by atoms with Gasteiger partial charge in [-0.15, -0.1) is 0 Å². The van der Waals surface area contributed by atoms with Crippen molar-refractivity contribution in [3.63, 3.8) is 0 Å². The van der Waals surface area contributed by atoms with Crippen molar-refractivity contribution in [2.24, 2.45) is 7.05 Å². The maximum absolute atomic E-state index is 13.3. The van der Waals surface area contributed by atoms with Crippen LogP contribution in [0.4, 0.5) is 11.6 Å². The zero-order valence-corrected chi connectivity index (χ0v) is 23.2. The van der Waals surface area contributed by atoms with Crippen LogP contribution in [0.25, 0.3) is 16.8 Å². The lowest BCUT2D eigenvalue weighted by Crippen LogP contribution is -2.45. The first-order chi connectivity index (χ1) is 16.9. The van der Waals surface area contributed by atoms with Crippen molar-refractivity contribution in [2.45, 2.75) is 83.7 Å². The van der Waals surface area contributed by atoms with Crippen LogP contribution in [0, 0.1) is 6.92 Å². The van der Waals surface area contributed by atoms with Crippen molar-refractivity contribution in [3.8, 4) is 0 Å². The second kappa shape index (κ2) is 8.81. The van der Waals surface area contributed by atoms with Gasteiger partial charge in [-0.1, -0.05) is 20.8 Å². The van der Waals surface area contributed by atoms with E-state index in [0.29, 0.717) is 11.6 Å². The van der Waals surface area contributed by atoms with Crippen LogP contribution in [0.1, 0.15) is 58.1 Å². The van der Waals surface area contributed by atoms with Crippen molar-refractivity contribution in [1.29, 1.82) is 0 Å². The van der Waals surface area contributed by atoms with Gasteiger partial charge in [0.25, 0.3) is 0 Å². The molecule has 4 aromatic rings. The first kappa shape index (κ1) is 24.6. The van der Waals surface area contributed by atoms with E-state index in [2.05, 4.69) is 54.2 Å². The summed E-state index contributed by atoms with van der Waals surface area (Å²) in [5, 5.41) is 7.70. The highest BCUT2D eigenvalue weighted by Gasteiger charge is 2.40. The Kier molecular flexibility index (Phi) is 6.02. The van der Waals surface area contributed by atoms with Crippen molar-refractivity contribution in [1.82, 2.24) is 33.7 Å². The summed E-state index contributed by atoms with van der Waals surface area (Å²) in [6.45, 7) is 13.4. The lowest BCUT2D eigenvalue weighted by atomic mass is 9.93. The maximum Gasteiger partial charge on any atom is 0.330 e. The van der Waals surface area contributed by atoms with Crippen molar-refractivity contribution < 1.29 is 4.43 Å². The summed E-state index contributed by atoms with van der Waals surface area (Å²) in [5.41, 5.74) is 3.96. The number of nitrogens with zero attached hydrogens (tertiary/aromatic N) is 7. The fraction of sp³-hybridized carbons (Fsp3) is 0.560. The molecule has 0 aromatic carbocycles. The molecule has 192 valence electrons. The smallest absolute Gasteiger partial charge is 0.330 e. The molecule has 0 radical (unpaired) electrons. The first-order valence-corrected chi connectivity index (χ1v) is 15.5. The molecule has 4 aromatic heterocycles. The summed E-state index contributed by atoms with van der Waals surface area (Å²) in [7, 11) is -0.0335. The van der Waals surface area contributed by atoms with E-state index < -0.39 is 8.32 Å². The predicted molar refractivity (Wildman–Crippen MR) is 143 cm³/mol. The molecule has 4 heterocycles. The number of fused-ring (bicyclic) bond motifs is 2. The molecule has 0 amide bonds. The van der Waals surface area contributed by atoms with Gasteiger partial charge in [0.05, 0.1) is 18.1 Å². The van der Waals surface area contributed by atoms with Gasteiger partial charge in [0.2, 0.25) is 5.95 Å². The minimum absolute atomic E-state index is 0.0505. The summed E-state index contributed by atoms with van der Waals surface area (Å²) >= 11 is 0. The van der Waals surface area contributed by atoms with E-state index in [1.54, 1.807) is 22.3 Å². The highest BCUT2D eigenvalue weighted by molar-refractivity contribution is 6.74. The minimum Gasteiger partial charge on any atom is -0.414 e. The molecule has 0 atom stereocenters. The topological polar surface area (TPSA) is 104 Å². The van der Waals surface area contributed by atoms with Crippen LogP contribution in [0.2, 0.25) is 18.1 Å². The molecule has 36 heavy (non-hydrogen) atoms. The van der Waals surface area contributed by atoms with Gasteiger partial charge in [0.1, 0.15) is 11.8 Å². The van der Waals surface area contributed by atoms with Crippen LogP contribution in [0.15, 0.2) is 29.6 Å². The highest BCUT2D eigenvalue weighted by Crippen LogP contribution is 2.40. The average Bonchev–Trinajstić information content (AvgIpc) is 3.35. The standard InChI is InChI=1S/C25H36N8O2Si/c1-16-12-21-27-15-28-32(21)14-19(16)29-23-26-13-20-22(30-23)33(24(34)31(20)5)17-8-10-18(11-9-17)35-36(6,7)25(2,3)4/h12-15,17-18H,8-11H2,1-7H3,(H,26,29,30). The van der Waals surface area contributed by atoms with Gasteiger partial charge in [0, 0.05) is 19.2 Å². The molecule has 5 rings (SSSR count). The van der Waals surface area contributed by atoms with Gasteiger partial charge < -0.3 is 9.74 Å². The van der Waals surface area contributed by atoms with Crippen molar-refractivity contribution in [3.05, 3.63) is 40.8 Å². The Hall–Kier alpha value is -3.05.